The van der Waals surface area contributed by atoms with Crippen molar-refractivity contribution in [2.24, 2.45) is 0 Å². The van der Waals surface area contributed by atoms with Crippen LogP contribution in [-0.4, -0.2) is 11.7 Å². The van der Waals surface area contributed by atoms with E-state index < -0.39 is 0 Å². The van der Waals surface area contributed by atoms with E-state index in [1.54, 1.807) is 12.3 Å². The summed E-state index contributed by atoms with van der Waals surface area (Å²) in [5.74, 6) is 1.26. The molecular formula is C13H14BrNO2. The fourth-order valence-corrected chi connectivity index (χ4v) is 1.99. The summed E-state index contributed by atoms with van der Waals surface area (Å²) in [4.78, 5) is 0. The lowest BCUT2D eigenvalue weighted by atomic mass is 10.2. The van der Waals surface area contributed by atoms with Crippen molar-refractivity contribution in [2.45, 2.75) is 13.0 Å². The molecule has 0 fully saturated rings. The number of halogens is 1. The number of benzene rings is 1. The minimum atomic E-state index is 0.268. The predicted octanol–water partition coefficient (Wildman–Crippen LogP) is 3.08. The Kier molecular flexibility index (Phi) is 4.23. The summed E-state index contributed by atoms with van der Waals surface area (Å²) in [6, 6.07) is 9.37. The van der Waals surface area contributed by atoms with Crippen LogP contribution in [0.3, 0.4) is 0 Å². The topological polar surface area (TPSA) is 45.4 Å². The van der Waals surface area contributed by atoms with Crippen LogP contribution in [0.25, 0.3) is 0 Å². The summed E-state index contributed by atoms with van der Waals surface area (Å²) < 4.78 is 5.96. The summed E-state index contributed by atoms with van der Waals surface area (Å²) >= 11 is 3.29. The second-order valence-corrected chi connectivity index (χ2v) is 4.65. The van der Waals surface area contributed by atoms with Crippen LogP contribution in [0.1, 0.15) is 11.3 Å². The average Bonchev–Trinajstić information content (AvgIpc) is 2.82. The third-order valence-corrected chi connectivity index (χ3v) is 3.10. The minimum Gasteiger partial charge on any atom is -0.507 e. The van der Waals surface area contributed by atoms with Crippen LogP contribution in [0, 0.1) is 0 Å². The molecule has 4 heteroatoms. The summed E-state index contributed by atoms with van der Waals surface area (Å²) in [7, 11) is 0. The van der Waals surface area contributed by atoms with Gasteiger partial charge in [-0.3, -0.25) is 0 Å². The molecule has 0 spiro atoms. The quantitative estimate of drug-likeness (QED) is 0.833. The van der Waals surface area contributed by atoms with Gasteiger partial charge in [-0.1, -0.05) is 6.07 Å². The summed E-state index contributed by atoms with van der Waals surface area (Å²) in [5.41, 5.74) is 1.13. The Labute approximate surface area is 109 Å². The van der Waals surface area contributed by atoms with Gasteiger partial charge in [0.25, 0.3) is 0 Å². The van der Waals surface area contributed by atoms with Gasteiger partial charge in [0.15, 0.2) is 0 Å². The lowest BCUT2D eigenvalue weighted by Gasteiger charge is -2.05. The van der Waals surface area contributed by atoms with E-state index in [1.807, 2.05) is 24.3 Å². The number of hydrogen-bond donors (Lipinski definition) is 2. The number of rotatable bonds is 5. The van der Waals surface area contributed by atoms with Crippen molar-refractivity contribution in [1.82, 2.24) is 5.32 Å². The van der Waals surface area contributed by atoms with Crippen LogP contribution in [-0.2, 0) is 13.0 Å². The first-order valence-electron chi connectivity index (χ1n) is 5.46. The fourth-order valence-electron chi connectivity index (χ4n) is 1.56. The van der Waals surface area contributed by atoms with Gasteiger partial charge in [-0.2, -0.15) is 0 Å². The highest BCUT2D eigenvalue weighted by Gasteiger charge is 2.00. The fraction of sp³-hybridized carbons (Fsp3) is 0.231. The molecule has 0 atom stereocenters. The lowest BCUT2D eigenvalue weighted by Crippen LogP contribution is -2.16. The van der Waals surface area contributed by atoms with Crippen molar-refractivity contribution in [3.05, 3.63) is 52.4 Å². The molecule has 2 aromatic rings. The van der Waals surface area contributed by atoms with Gasteiger partial charge in [0, 0.05) is 19.5 Å². The number of hydrogen-bond acceptors (Lipinski definition) is 3. The zero-order chi connectivity index (χ0) is 12.1. The van der Waals surface area contributed by atoms with Crippen molar-refractivity contribution in [3.8, 4) is 5.75 Å². The molecule has 90 valence electrons. The molecule has 0 aliphatic carbocycles. The van der Waals surface area contributed by atoms with Crippen molar-refractivity contribution in [2.75, 3.05) is 6.54 Å². The van der Waals surface area contributed by atoms with Gasteiger partial charge in [-0.25, -0.2) is 0 Å². The molecule has 0 unspecified atom stereocenters. The average molecular weight is 296 g/mol. The van der Waals surface area contributed by atoms with E-state index in [-0.39, 0.29) is 5.75 Å². The van der Waals surface area contributed by atoms with E-state index in [9.17, 15) is 5.11 Å². The van der Waals surface area contributed by atoms with Crippen LogP contribution in [0.15, 0.2) is 45.5 Å². The maximum absolute atomic E-state index is 9.36. The highest BCUT2D eigenvalue weighted by Crippen LogP contribution is 2.24. The highest BCUT2D eigenvalue weighted by atomic mass is 79.9. The van der Waals surface area contributed by atoms with E-state index in [0.29, 0.717) is 0 Å². The molecule has 1 aromatic carbocycles. The first kappa shape index (κ1) is 12.2. The van der Waals surface area contributed by atoms with Gasteiger partial charge < -0.3 is 14.8 Å². The van der Waals surface area contributed by atoms with Crippen LogP contribution < -0.4 is 5.32 Å². The standard InChI is InChI=1S/C13H14BrNO2/c14-12-8-10(3-4-13(12)16)9-15-6-5-11-2-1-7-17-11/h1-4,7-8,15-16H,5-6,9H2. The number of furan rings is 1. The molecular weight excluding hydrogens is 282 g/mol. The monoisotopic (exact) mass is 295 g/mol. The largest absolute Gasteiger partial charge is 0.507 e. The Balaban J connectivity index is 1.76. The molecule has 2 rings (SSSR count). The van der Waals surface area contributed by atoms with Gasteiger partial charge in [-0.15, -0.1) is 0 Å². The van der Waals surface area contributed by atoms with Gasteiger partial charge >= 0.3 is 0 Å². The smallest absolute Gasteiger partial charge is 0.129 e. The van der Waals surface area contributed by atoms with E-state index >= 15 is 0 Å². The minimum absolute atomic E-state index is 0.268. The van der Waals surface area contributed by atoms with Crippen LogP contribution >= 0.6 is 15.9 Å². The Morgan fingerprint density at radius 3 is 2.88 bits per heavy atom. The predicted molar refractivity (Wildman–Crippen MR) is 69.9 cm³/mol. The molecule has 0 radical (unpaired) electrons. The van der Waals surface area contributed by atoms with Crippen LogP contribution in [0.5, 0.6) is 5.75 Å². The van der Waals surface area contributed by atoms with Gasteiger partial charge in [0.1, 0.15) is 11.5 Å². The zero-order valence-corrected chi connectivity index (χ0v) is 10.9. The Morgan fingerprint density at radius 2 is 2.18 bits per heavy atom. The molecule has 0 amide bonds. The van der Waals surface area contributed by atoms with Crippen LogP contribution in [0.2, 0.25) is 0 Å². The molecule has 1 heterocycles. The molecule has 0 saturated carbocycles. The maximum atomic E-state index is 9.36. The number of phenolic OH excluding ortho intramolecular Hbond substituents is 1. The molecule has 0 aliphatic rings. The number of aromatic hydroxyl groups is 1. The second-order valence-electron chi connectivity index (χ2n) is 3.79. The second kappa shape index (κ2) is 5.89. The normalized spacial score (nSPS) is 10.6. The molecule has 0 aliphatic heterocycles. The number of nitrogens with one attached hydrogen (secondary N) is 1. The zero-order valence-electron chi connectivity index (χ0n) is 9.32. The molecule has 0 saturated heterocycles. The van der Waals surface area contributed by atoms with Crippen molar-refractivity contribution in [1.29, 1.82) is 0 Å². The Hall–Kier alpha value is -1.26. The maximum Gasteiger partial charge on any atom is 0.129 e. The molecule has 17 heavy (non-hydrogen) atoms. The molecule has 1 aromatic heterocycles. The Bertz CT molecular complexity index is 468. The highest BCUT2D eigenvalue weighted by molar-refractivity contribution is 9.10. The summed E-state index contributed by atoms with van der Waals surface area (Å²) in [6.45, 7) is 1.64. The van der Waals surface area contributed by atoms with Crippen molar-refractivity contribution >= 4 is 15.9 Å². The van der Waals surface area contributed by atoms with E-state index in [1.165, 1.54) is 0 Å². The van der Waals surface area contributed by atoms with E-state index in [0.717, 1.165) is 35.3 Å². The first-order valence-corrected chi connectivity index (χ1v) is 6.25. The molecule has 0 bridgehead atoms. The van der Waals surface area contributed by atoms with Gasteiger partial charge in [0.2, 0.25) is 0 Å². The molecule has 3 nitrogen and oxygen atoms in total. The number of phenols is 1. The van der Waals surface area contributed by atoms with Gasteiger partial charge in [0.05, 0.1) is 10.7 Å². The van der Waals surface area contributed by atoms with Gasteiger partial charge in [-0.05, 0) is 45.8 Å². The summed E-state index contributed by atoms with van der Waals surface area (Å²) in [6.07, 6.45) is 2.57. The van der Waals surface area contributed by atoms with E-state index in [4.69, 9.17) is 4.42 Å². The molecule has 2 N–H and O–H groups in total. The Morgan fingerprint density at radius 1 is 1.29 bits per heavy atom. The third-order valence-electron chi connectivity index (χ3n) is 2.47. The SMILES string of the molecule is Oc1ccc(CNCCc2ccco2)cc1Br. The van der Waals surface area contributed by atoms with Crippen molar-refractivity contribution in [3.63, 3.8) is 0 Å². The van der Waals surface area contributed by atoms with Crippen LogP contribution in [0.4, 0.5) is 0 Å². The van der Waals surface area contributed by atoms with Crippen molar-refractivity contribution < 1.29 is 9.52 Å². The lowest BCUT2D eigenvalue weighted by molar-refractivity contribution is 0.471. The third kappa shape index (κ3) is 3.61. The summed E-state index contributed by atoms with van der Waals surface area (Å²) in [5, 5.41) is 12.7. The first-order chi connectivity index (χ1) is 8.25. The van der Waals surface area contributed by atoms with E-state index in [2.05, 4.69) is 21.2 Å².